The molecule has 3 nitrogen and oxygen atoms in total. The van der Waals surface area contributed by atoms with Crippen LogP contribution in [0.5, 0.6) is 17.2 Å². The predicted molar refractivity (Wildman–Crippen MR) is 86.1 cm³/mol. The first kappa shape index (κ1) is 15.6. The Morgan fingerprint density at radius 3 is 1.90 bits per heavy atom. The minimum atomic E-state index is 0.716. The van der Waals surface area contributed by atoms with E-state index < -0.39 is 0 Å². The molecule has 0 radical (unpaired) electrons. The second-order valence-electron chi connectivity index (χ2n) is 4.73. The number of aryl methyl sites for hydroxylation is 2. The Morgan fingerprint density at radius 1 is 0.810 bits per heavy atom. The third-order valence-electron chi connectivity index (χ3n) is 3.21. The summed E-state index contributed by atoms with van der Waals surface area (Å²) in [4.78, 5) is 2.13. The summed E-state index contributed by atoms with van der Waals surface area (Å²) in [6.07, 6.45) is 0. The lowest BCUT2D eigenvalue weighted by molar-refractivity contribution is 0.361. The van der Waals surface area contributed by atoms with Crippen LogP contribution < -0.4 is 14.2 Å². The smallest absolute Gasteiger partial charge is 0.140 e. The Balaban J connectivity index is 2.47. The maximum absolute atomic E-state index is 5.49. The van der Waals surface area contributed by atoms with Gasteiger partial charge in [0.1, 0.15) is 17.2 Å². The number of hydrogen-bond donors (Lipinski definition) is 0. The molecule has 0 amide bonds. The molecule has 0 aliphatic carbocycles. The van der Waals surface area contributed by atoms with Crippen LogP contribution in [0.2, 0.25) is 0 Å². The van der Waals surface area contributed by atoms with Crippen LogP contribution in [-0.4, -0.2) is 21.3 Å². The number of methoxy groups -OCH3 is 3. The van der Waals surface area contributed by atoms with Gasteiger partial charge in [-0.3, -0.25) is 0 Å². The molecule has 0 fully saturated rings. The molecule has 0 heterocycles. The largest absolute Gasteiger partial charge is 0.496 e. The maximum atomic E-state index is 5.49. The van der Waals surface area contributed by atoms with Crippen LogP contribution in [0.25, 0.3) is 0 Å². The first-order chi connectivity index (χ1) is 10.1. The van der Waals surface area contributed by atoms with E-state index in [2.05, 4.69) is 32.0 Å². The van der Waals surface area contributed by atoms with Crippen LogP contribution >= 0.6 is 11.8 Å². The van der Waals surface area contributed by atoms with Gasteiger partial charge in [-0.15, -0.1) is 0 Å². The van der Waals surface area contributed by atoms with Crippen LogP contribution in [0.15, 0.2) is 40.1 Å². The van der Waals surface area contributed by atoms with Gasteiger partial charge in [-0.05, 0) is 25.5 Å². The van der Waals surface area contributed by atoms with E-state index in [1.54, 1.807) is 33.1 Å². The average molecular weight is 304 g/mol. The maximum Gasteiger partial charge on any atom is 0.140 e. The molecule has 21 heavy (non-hydrogen) atoms. The Kier molecular flexibility index (Phi) is 5.02. The molecule has 2 aromatic carbocycles. The molecule has 0 atom stereocenters. The fourth-order valence-electron chi connectivity index (χ4n) is 2.10. The van der Waals surface area contributed by atoms with Gasteiger partial charge in [-0.1, -0.05) is 29.5 Å². The van der Waals surface area contributed by atoms with Crippen molar-refractivity contribution < 1.29 is 14.2 Å². The van der Waals surface area contributed by atoms with Gasteiger partial charge >= 0.3 is 0 Å². The summed E-state index contributed by atoms with van der Waals surface area (Å²) in [6, 6.07) is 10.1. The number of benzene rings is 2. The number of rotatable bonds is 5. The minimum Gasteiger partial charge on any atom is -0.496 e. The summed E-state index contributed by atoms with van der Waals surface area (Å²) in [5.74, 6) is 2.21. The van der Waals surface area contributed by atoms with E-state index in [0.717, 1.165) is 16.4 Å². The first-order valence-corrected chi connectivity index (χ1v) is 7.45. The molecule has 0 aliphatic rings. The molecular weight excluding hydrogens is 284 g/mol. The molecule has 0 saturated heterocycles. The standard InChI is InChI=1S/C17H20O3S/c1-11-6-7-16(12(2)8-11)21-17-14(19-4)9-13(18-3)10-15(17)20-5/h6-10H,1-5H3. The van der Waals surface area contributed by atoms with Gasteiger partial charge in [0.2, 0.25) is 0 Å². The van der Waals surface area contributed by atoms with Gasteiger partial charge in [-0.2, -0.15) is 0 Å². The van der Waals surface area contributed by atoms with Crippen molar-refractivity contribution in [3.05, 3.63) is 41.5 Å². The van der Waals surface area contributed by atoms with E-state index in [4.69, 9.17) is 14.2 Å². The molecule has 0 spiro atoms. The van der Waals surface area contributed by atoms with Crippen molar-refractivity contribution in [3.8, 4) is 17.2 Å². The highest BCUT2D eigenvalue weighted by Crippen LogP contribution is 2.45. The Bertz CT molecular complexity index is 613. The lowest BCUT2D eigenvalue weighted by Crippen LogP contribution is -1.94. The van der Waals surface area contributed by atoms with Crippen molar-refractivity contribution in [1.82, 2.24) is 0 Å². The zero-order valence-electron chi connectivity index (χ0n) is 13.0. The van der Waals surface area contributed by atoms with Crippen LogP contribution in [0.4, 0.5) is 0 Å². The quantitative estimate of drug-likeness (QED) is 0.814. The normalized spacial score (nSPS) is 10.3. The number of hydrogen-bond acceptors (Lipinski definition) is 4. The minimum absolute atomic E-state index is 0.716. The van der Waals surface area contributed by atoms with E-state index in [1.807, 2.05) is 12.1 Å². The summed E-state index contributed by atoms with van der Waals surface area (Å²) in [6.45, 7) is 4.20. The van der Waals surface area contributed by atoms with Crippen molar-refractivity contribution in [2.45, 2.75) is 23.6 Å². The van der Waals surface area contributed by atoms with Crippen LogP contribution in [0.3, 0.4) is 0 Å². The summed E-state index contributed by atoms with van der Waals surface area (Å²) < 4.78 is 16.2. The summed E-state index contributed by atoms with van der Waals surface area (Å²) in [7, 11) is 4.94. The van der Waals surface area contributed by atoms with Crippen molar-refractivity contribution in [1.29, 1.82) is 0 Å². The van der Waals surface area contributed by atoms with Gasteiger partial charge in [0.05, 0.1) is 26.2 Å². The average Bonchev–Trinajstić information content (AvgIpc) is 2.49. The first-order valence-electron chi connectivity index (χ1n) is 6.64. The van der Waals surface area contributed by atoms with E-state index in [9.17, 15) is 0 Å². The second kappa shape index (κ2) is 6.76. The van der Waals surface area contributed by atoms with Gasteiger partial charge in [-0.25, -0.2) is 0 Å². The van der Waals surface area contributed by atoms with Gasteiger partial charge < -0.3 is 14.2 Å². The summed E-state index contributed by atoms with van der Waals surface area (Å²) in [5.41, 5.74) is 2.49. The molecule has 2 rings (SSSR count). The molecule has 0 N–H and O–H groups in total. The fraction of sp³-hybridized carbons (Fsp3) is 0.294. The van der Waals surface area contributed by atoms with Gasteiger partial charge in [0.25, 0.3) is 0 Å². The summed E-state index contributed by atoms with van der Waals surface area (Å²) in [5, 5.41) is 0. The molecule has 0 aliphatic heterocycles. The van der Waals surface area contributed by atoms with Crippen molar-refractivity contribution >= 4 is 11.8 Å². The van der Waals surface area contributed by atoms with Crippen molar-refractivity contribution in [2.24, 2.45) is 0 Å². The third kappa shape index (κ3) is 3.45. The van der Waals surface area contributed by atoms with Crippen molar-refractivity contribution in [2.75, 3.05) is 21.3 Å². The lowest BCUT2D eigenvalue weighted by atomic mass is 10.2. The van der Waals surface area contributed by atoms with Gasteiger partial charge in [0, 0.05) is 17.0 Å². The monoisotopic (exact) mass is 304 g/mol. The third-order valence-corrected chi connectivity index (χ3v) is 4.50. The number of ether oxygens (including phenoxy) is 3. The second-order valence-corrected chi connectivity index (χ2v) is 5.78. The Labute approximate surface area is 130 Å². The van der Waals surface area contributed by atoms with Crippen molar-refractivity contribution in [3.63, 3.8) is 0 Å². The van der Waals surface area contributed by atoms with Crippen LogP contribution in [0.1, 0.15) is 11.1 Å². The van der Waals surface area contributed by atoms with E-state index >= 15 is 0 Å². The van der Waals surface area contributed by atoms with Gasteiger partial charge in [0.15, 0.2) is 0 Å². The fourth-order valence-corrected chi connectivity index (χ4v) is 3.16. The van der Waals surface area contributed by atoms with E-state index in [1.165, 1.54) is 16.0 Å². The Morgan fingerprint density at radius 2 is 1.43 bits per heavy atom. The lowest BCUT2D eigenvalue weighted by Gasteiger charge is -2.15. The molecule has 0 unspecified atom stereocenters. The SMILES string of the molecule is COc1cc(OC)c(Sc2ccc(C)cc2C)c(OC)c1. The summed E-state index contributed by atoms with van der Waals surface area (Å²) >= 11 is 1.64. The molecule has 4 heteroatoms. The van der Waals surface area contributed by atoms with E-state index in [0.29, 0.717) is 5.75 Å². The molecule has 0 saturated carbocycles. The molecule has 112 valence electrons. The zero-order valence-corrected chi connectivity index (χ0v) is 13.8. The molecule has 0 bridgehead atoms. The molecule has 2 aromatic rings. The molecular formula is C17H20O3S. The predicted octanol–water partition coefficient (Wildman–Crippen LogP) is 4.48. The highest BCUT2D eigenvalue weighted by molar-refractivity contribution is 7.99. The zero-order chi connectivity index (χ0) is 15.4. The van der Waals surface area contributed by atoms with Crippen LogP contribution in [0, 0.1) is 13.8 Å². The van der Waals surface area contributed by atoms with Crippen LogP contribution in [-0.2, 0) is 0 Å². The molecule has 0 aromatic heterocycles. The topological polar surface area (TPSA) is 27.7 Å². The Hall–Kier alpha value is -1.81. The highest BCUT2D eigenvalue weighted by Gasteiger charge is 2.15. The highest BCUT2D eigenvalue weighted by atomic mass is 32.2. The van der Waals surface area contributed by atoms with E-state index in [-0.39, 0.29) is 0 Å².